The first-order valence-electron chi connectivity index (χ1n) is 8.08. The Hall–Kier alpha value is -1.50. The van der Waals surface area contributed by atoms with Gasteiger partial charge in [0.05, 0.1) is 19.5 Å². The molecule has 140 valence electrons. The molecule has 0 bridgehead atoms. The normalized spacial score (nSPS) is 11.7. The molecule has 1 atom stereocenters. The maximum atomic E-state index is 12.3. The highest BCUT2D eigenvalue weighted by molar-refractivity contribution is 8.00. The van der Waals surface area contributed by atoms with Crippen LogP contribution in [0.4, 0.5) is 0 Å². The van der Waals surface area contributed by atoms with E-state index in [-0.39, 0.29) is 11.2 Å². The molecule has 0 aliphatic carbocycles. The third-order valence-corrected chi connectivity index (χ3v) is 5.88. The Balaban J connectivity index is 1.77. The molecule has 1 N–H and O–H groups in total. The van der Waals surface area contributed by atoms with E-state index in [1.807, 2.05) is 49.4 Å². The number of hydrogen-bond acceptors (Lipinski definition) is 5. The van der Waals surface area contributed by atoms with Crippen molar-refractivity contribution in [3.8, 4) is 11.5 Å². The van der Waals surface area contributed by atoms with Crippen molar-refractivity contribution in [3.63, 3.8) is 0 Å². The lowest BCUT2D eigenvalue weighted by Crippen LogP contribution is -2.32. The first-order chi connectivity index (χ1) is 12.5. The summed E-state index contributed by atoms with van der Waals surface area (Å²) >= 11 is 9.04. The second-order valence-electron chi connectivity index (χ2n) is 5.37. The van der Waals surface area contributed by atoms with Gasteiger partial charge in [-0.3, -0.25) is 4.79 Å². The number of halogens is 1. The minimum atomic E-state index is -0.200. The predicted octanol–water partition coefficient (Wildman–Crippen LogP) is 4.75. The number of ether oxygens (including phenoxy) is 2. The Morgan fingerprint density at radius 1 is 1.08 bits per heavy atom. The van der Waals surface area contributed by atoms with Gasteiger partial charge in [-0.1, -0.05) is 11.6 Å². The average Bonchev–Trinajstić information content (AvgIpc) is 2.66. The lowest BCUT2D eigenvalue weighted by Gasteiger charge is -2.14. The molecule has 26 heavy (non-hydrogen) atoms. The van der Waals surface area contributed by atoms with Crippen molar-refractivity contribution in [2.45, 2.75) is 22.0 Å². The Labute approximate surface area is 168 Å². The van der Waals surface area contributed by atoms with Gasteiger partial charge < -0.3 is 14.8 Å². The van der Waals surface area contributed by atoms with Crippen LogP contribution in [0.2, 0.25) is 5.02 Å². The molecule has 0 spiro atoms. The predicted molar refractivity (Wildman–Crippen MR) is 110 cm³/mol. The van der Waals surface area contributed by atoms with Crippen LogP contribution in [0.15, 0.2) is 52.3 Å². The van der Waals surface area contributed by atoms with E-state index in [1.54, 1.807) is 26.0 Å². The maximum Gasteiger partial charge on any atom is 0.233 e. The Morgan fingerprint density at radius 2 is 1.73 bits per heavy atom. The van der Waals surface area contributed by atoms with Gasteiger partial charge in [0, 0.05) is 27.1 Å². The molecule has 0 fully saturated rings. The van der Waals surface area contributed by atoms with Crippen LogP contribution < -0.4 is 14.8 Å². The van der Waals surface area contributed by atoms with Crippen LogP contribution in [0, 0.1) is 0 Å². The van der Waals surface area contributed by atoms with Crippen molar-refractivity contribution < 1.29 is 14.3 Å². The van der Waals surface area contributed by atoms with E-state index in [1.165, 1.54) is 11.8 Å². The summed E-state index contributed by atoms with van der Waals surface area (Å²) < 4.78 is 10.5. The zero-order chi connectivity index (χ0) is 18.9. The number of rotatable bonds is 9. The zero-order valence-corrected chi connectivity index (χ0v) is 17.3. The second kappa shape index (κ2) is 10.6. The number of benzene rings is 2. The zero-order valence-electron chi connectivity index (χ0n) is 15.0. The highest BCUT2D eigenvalue weighted by Gasteiger charge is 2.15. The average molecular weight is 412 g/mol. The summed E-state index contributed by atoms with van der Waals surface area (Å²) in [6, 6.07) is 13.3. The van der Waals surface area contributed by atoms with Gasteiger partial charge in [0.2, 0.25) is 5.91 Å². The molecule has 2 rings (SSSR count). The molecule has 0 unspecified atom stereocenters. The van der Waals surface area contributed by atoms with E-state index in [0.717, 1.165) is 20.6 Å². The Kier molecular flexibility index (Phi) is 8.48. The summed E-state index contributed by atoms with van der Waals surface area (Å²) in [4.78, 5) is 14.4. The van der Waals surface area contributed by atoms with Gasteiger partial charge in [-0.2, -0.15) is 0 Å². The first-order valence-corrected chi connectivity index (χ1v) is 10.3. The first kappa shape index (κ1) is 20.8. The monoisotopic (exact) mass is 411 g/mol. The van der Waals surface area contributed by atoms with Gasteiger partial charge >= 0.3 is 0 Å². The molecule has 0 radical (unpaired) electrons. The van der Waals surface area contributed by atoms with E-state index < -0.39 is 0 Å². The third kappa shape index (κ3) is 6.34. The Morgan fingerprint density at radius 3 is 2.38 bits per heavy atom. The lowest BCUT2D eigenvalue weighted by atomic mass is 10.3. The molecule has 4 nitrogen and oxygen atoms in total. The van der Waals surface area contributed by atoms with Crippen molar-refractivity contribution in [2.75, 3.05) is 26.5 Å². The highest BCUT2D eigenvalue weighted by atomic mass is 35.5. The summed E-state index contributed by atoms with van der Waals surface area (Å²) in [5.41, 5.74) is 0. The topological polar surface area (TPSA) is 47.6 Å². The fraction of sp³-hybridized carbons (Fsp3) is 0.316. The molecule has 0 saturated heterocycles. The largest absolute Gasteiger partial charge is 0.493 e. The van der Waals surface area contributed by atoms with Gasteiger partial charge in [-0.05, 0) is 49.4 Å². The molecule has 0 saturated carbocycles. The number of nitrogens with one attached hydrogen (secondary N) is 1. The number of methoxy groups -OCH3 is 2. The minimum absolute atomic E-state index is 0.0153. The fourth-order valence-corrected chi connectivity index (χ4v) is 3.98. The van der Waals surface area contributed by atoms with Crippen LogP contribution in [-0.4, -0.2) is 37.7 Å². The molecule has 0 aromatic heterocycles. The standard InChI is InChI=1S/C19H22ClNO3S2/c1-13(26-16-8-9-17(23-2)18(12-16)24-3)19(22)21-10-11-25-15-6-4-14(20)5-7-15/h4-9,12-13H,10-11H2,1-3H3,(H,21,22)/t13-/m1/s1. The van der Waals surface area contributed by atoms with Crippen LogP contribution in [-0.2, 0) is 4.79 Å². The van der Waals surface area contributed by atoms with Crippen LogP contribution >= 0.6 is 35.1 Å². The molecule has 0 aliphatic rings. The summed E-state index contributed by atoms with van der Waals surface area (Å²) in [5, 5.41) is 3.50. The van der Waals surface area contributed by atoms with Gasteiger partial charge in [0.15, 0.2) is 11.5 Å². The summed E-state index contributed by atoms with van der Waals surface area (Å²) in [7, 11) is 3.20. The van der Waals surface area contributed by atoms with E-state index in [4.69, 9.17) is 21.1 Å². The Bertz CT molecular complexity index is 725. The number of carbonyl (C=O) groups is 1. The maximum absolute atomic E-state index is 12.3. The van der Waals surface area contributed by atoms with Gasteiger partial charge in [-0.25, -0.2) is 0 Å². The van der Waals surface area contributed by atoms with E-state index in [2.05, 4.69) is 5.32 Å². The van der Waals surface area contributed by atoms with E-state index >= 15 is 0 Å². The number of hydrogen-bond donors (Lipinski definition) is 1. The minimum Gasteiger partial charge on any atom is -0.493 e. The highest BCUT2D eigenvalue weighted by Crippen LogP contribution is 2.33. The van der Waals surface area contributed by atoms with Gasteiger partial charge in [0.1, 0.15) is 0 Å². The number of amides is 1. The van der Waals surface area contributed by atoms with Crippen LogP contribution in [0.3, 0.4) is 0 Å². The fourth-order valence-electron chi connectivity index (χ4n) is 2.17. The molecule has 2 aromatic carbocycles. The third-order valence-electron chi connectivity index (χ3n) is 3.52. The number of thioether (sulfide) groups is 2. The molecular formula is C19H22ClNO3S2. The van der Waals surface area contributed by atoms with Gasteiger partial charge in [-0.15, -0.1) is 23.5 Å². The second-order valence-corrected chi connectivity index (χ2v) is 8.39. The number of carbonyl (C=O) groups excluding carboxylic acids is 1. The van der Waals surface area contributed by atoms with Gasteiger partial charge in [0.25, 0.3) is 0 Å². The van der Waals surface area contributed by atoms with E-state index in [9.17, 15) is 4.79 Å². The van der Waals surface area contributed by atoms with Crippen molar-refractivity contribution in [1.82, 2.24) is 5.32 Å². The van der Waals surface area contributed by atoms with Crippen LogP contribution in [0.1, 0.15) is 6.92 Å². The van der Waals surface area contributed by atoms with Crippen LogP contribution in [0.25, 0.3) is 0 Å². The summed E-state index contributed by atoms with van der Waals surface area (Å²) in [6.45, 7) is 2.51. The molecule has 0 aliphatic heterocycles. The molecular weight excluding hydrogens is 390 g/mol. The van der Waals surface area contributed by atoms with Crippen LogP contribution in [0.5, 0.6) is 11.5 Å². The summed E-state index contributed by atoms with van der Waals surface area (Å²) in [6.07, 6.45) is 0. The molecule has 0 heterocycles. The molecule has 2 aromatic rings. The lowest BCUT2D eigenvalue weighted by molar-refractivity contribution is -0.120. The SMILES string of the molecule is COc1ccc(S[C@H](C)C(=O)NCCSc2ccc(Cl)cc2)cc1OC. The van der Waals surface area contributed by atoms with Crippen molar-refractivity contribution in [2.24, 2.45) is 0 Å². The smallest absolute Gasteiger partial charge is 0.233 e. The quantitative estimate of drug-likeness (QED) is 0.476. The van der Waals surface area contributed by atoms with Crippen molar-refractivity contribution >= 4 is 41.0 Å². The molecule has 7 heteroatoms. The van der Waals surface area contributed by atoms with Crippen molar-refractivity contribution in [1.29, 1.82) is 0 Å². The molecule has 1 amide bonds. The van der Waals surface area contributed by atoms with Crippen molar-refractivity contribution in [3.05, 3.63) is 47.5 Å². The van der Waals surface area contributed by atoms with E-state index in [0.29, 0.717) is 18.0 Å². The summed E-state index contributed by atoms with van der Waals surface area (Å²) in [5.74, 6) is 2.15.